The molecule has 3 rings (SSSR count). The number of carbonyl (C=O) groups excluding carboxylic acids is 5. The number of ether oxygens (including phenoxy) is 5. The van der Waals surface area contributed by atoms with Gasteiger partial charge >= 0.3 is 29.8 Å². The van der Waals surface area contributed by atoms with Gasteiger partial charge in [0, 0.05) is 16.7 Å². The first kappa shape index (κ1) is 34.7. The molecule has 0 spiro atoms. The summed E-state index contributed by atoms with van der Waals surface area (Å²) in [5.74, 6) is -2.84. The van der Waals surface area contributed by atoms with E-state index >= 15 is 0 Å². The van der Waals surface area contributed by atoms with Crippen molar-refractivity contribution >= 4 is 29.8 Å². The summed E-state index contributed by atoms with van der Waals surface area (Å²) >= 11 is 0. The summed E-state index contributed by atoms with van der Waals surface area (Å²) < 4.78 is 25.7. The molecule has 0 heterocycles. The molecule has 0 aromatic heterocycles. The molecule has 46 heavy (non-hydrogen) atoms. The van der Waals surface area contributed by atoms with Gasteiger partial charge in [-0.05, 0) is 73.4 Å². The summed E-state index contributed by atoms with van der Waals surface area (Å²) in [7, 11) is 0. The lowest BCUT2D eigenvalue weighted by Gasteiger charge is -2.12. The van der Waals surface area contributed by atoms with Crippen LogP contribution in [0.1, 0.15) is 41.5 Å². The maximum Gasteiger partial charge on any atom is 0.338 e. The molecular weight excluding hydrogens is 592 g/mol. The normalized spacial score (nSPS) is 10.2. The molecule has 0 amide bonds. The highest BCUT2D eigenvalue weighted by Gasteiger charge is 2.17. The van der Waals surface area contributed by atoms with Crippen LogP contribution in [0.25, 0.3) is 22.3 Å². The second kappa shape index (κ2) is 16.3. The lowest BCUT2D eigenvalue weighted by Crippen LogP contribution is -2.16. The largest absolute Gasteiger partial charge is 0.459 e. The number of carbonyl (C=O) groups is 5. The molecule has 238 valence electrons. The van der Waals surface area contributed by atoms with Crippen LogP contribution in [-0.2, 0) is 33.3 Å². The molecule has 10 nitrogen and oxygen atoms in total. The molecule has 0 aliphatic heterocycles. The maximum absolute atomic E-state index is 12.9. The molecule has 0 aliphatic rings. The fourth-order valence-corrected chi connectivity index (χ4v) is 3.75. The average Bonchev–Trinajstić information content (AvgIpc) is 3.04. The van der Waals surface area contributed by atoms with E-state index in [0.717, 1.165) is 11.1 Å². The highest BCUT2D eigenvalue weighted by Crippen LogP contribution is 2.28. The molecule has 0 N–H and O–H groups in total. The Hall–Kier alpha value is -5.77. The zero-order chi connectivity index (χ0) is 33.8. The lowest BCUT2D eigenvalue weighted by atomic mass is 9.97. The van der Waals surface area contributed by atoms with E-state index in [1.807, 2.05) is 36.4 Å². The van der Waals surface area contributed by atoms with Gasteiger partial charge in [-0.2, -0.15) is 0 Å². The predicted octanol–water partition coefficient (Wildman–Crippen LogP) is 6.05. The quantitative estimate of drug-likeness (QED) is 0.0685. The van der Waals surface area contributed by atoms with Gasteiger partial charge in [-0.3, -0.25) is 0 Å². The van der Waals surface area contributed by atoms with Crippen LogP contribution in [-0.4, -0.2) is 56.3 Å². The van der Waals surface area contributed by atoms with E-state index in [2.05, 4.69) is 19.7 Å². The second-order valence-corrected chi connectivity index (χ2v) is 10.2. The van der Waals surface area contributed by atoms with Crippen molar-refractivity contribution < 1.29 is 47.7 Å². The molecule has 0 saturated heterocycles. The summed E-state index contributed by atoms with van der Waals surface area (Å²) in [6.45, 7) is 14.3. The van der Waals surface area contributed by atoms with Crippen molar-refractivity contribution in [1.82, 2.24) is 0 Å². The van der Waals surface area contributed by atoms with Crippen molar-refractivity contribution in [1.29, 1.82) is 0 Å². The van der Waals surface area contributed by atoms with Crippen LogP contribution < -0.4 is 4.74 Å². The molecule has 3 aromatic carbocycles. The van der Waals surface area contributed by atoms with Crippen molar-refractivity contribution in [2.24, 2.45) is 0 Å². The molecule has 0 atom stereocenters. The third kappa shape index (κ3) is 10.2. The standard InChI is InChI=1S/C36H34O10/c1-22(2)32(37)42-15-17-44-35(40)29-19-28(20-30(21-29)36(41)45-18-16-43-33(38)23(3)4)27-9-7-25(8-10-27)26-11-13-31(14-12-26)46-34(39)24(5)6/h7-14,19-21H,1,3,5,15-18H2,2,4,6H3. The highest BCUT2D eigenvalue weighted by molar-refractivity contribution is 5.98. The molecule has 0 aliphatic carbocycles. The Balaban J connectivity index is 1.81. The summed E-state index contributed by atoms with van der Waals surface area (Å²) in [5, 5.41) is 0. The summed E-state index contributed by atoms with van der Waals surface area (Å²) in [4.78, 5) is 60.8. The minimum absolute atomic E-state index is 0.0633. The minimum Gasteiger partial charge on any atom is -0.459 e. The number of hydrogen-bond acceptors (Lipinski definition) is 10. The fraction of sp³-hybridized carbons (Fsp3) is 0.194. The zero-order valence-electron chi connectivity index (χ0n) is 25.9. The van der Waals surface area contributed by atoms with E-state index < -0.39 is 29.8 Å². The Labute approximate surface area is 266 Å². The number of rotatable bonds is 14. The Bertz CT molecular complexity index is 1600. The molecule has 10 heteroatoms. The van der Waals surface area contributed by atoms with E-state index in [1.54, 1.807) is 31.2 Å². The smallest absolute Gasteiger partial charge is 0.338 e. The van der Waals surface area contributed by atoms with E-state index in [9.17, 15) is 24.0 Å². The van der Waals surface area contributed by atoms with Crippen LogP contribution in [0.15, 0.2) is 103 Å². The predicted molar refractivity (Wildman–Crippen MR) is 170 cm³/mol. The SMILES string of the molecule is C=C(C)C(=O)OCCOC(=O)c1cc(C(=O)OCCOC(=O)C(=C)C)cc(-c2ccc(-c3ccc(OC(=O)C(=C)C)cc3)cc2)c1. The van der Waals surface area contributed by atoms with E-state index in [-0.39, 0.29) is 48.7 Å². The van der Waals surface area contributed by atoms with Gasteiger partial charge < -0.3 is 23.7 Å². The van der Waals surface area contributed by atoms with Gasteiger partial charge in [0.1, 0.15) is 32.2 Å². The molecule has 0 unspecified atom stereocenters. The van der Waals surface area contributed by atoms with E-state index in [1.165, 1.54) is 19.9 Å². The first-order valence-electron chi connectivity index (χ1n) is 14.1. The molecule has 0 saturated carbocycles. The minimum atomic E-state index is -0.748. The van der Waals surface area contributed by atoms with Crippen LogP contribution >= 0.6 is 0 Å². The van der Waals surface area contributed by atoms with Crippen LogP contribution in [0, 0.1) is 0 Å². The number of esters is 5. The number of benzene rings is 3. The van der Waals surface area contributed by atoms with Crippen molar-refractivity contribution in [3.05, 3.63) is 114 Å². The van der Waals surface area contributed by atoms with Gasteiger partial charge in [-0.15, -0.1) is 0 Å². The van der Waals surface area contributed by atoms with Crippen LogP contribution in [0.5, 0.6) is 5.75 Å². The molecule has 0 radical (unpaired) electrons. The molecule has 3 aromatic rings. The highest BCUT2D eigenvalue weighted by atomic mass is 16.6. The Morgan fingerprint density at radius 1 is 0.478 bits per heavy atom. The Morgan fingerprint density at radius 3 is 1.22 bits per heavy atom. The maximum atomic E-state index is 12.9. The lowest BCUT2D eigenvalue weighted by molar-refractivity contribution is -0.140. The summed E-state index contributed by atoms with van der Waals surface area (Å²) in [5.41, 5.74) is 3.78. The van der Waals surface area contributed by atoms with Crippen LogP contribution in [0.3, 0.4) is 0 Å². The van der Waals surface area contributed by atoms with Crippen molar-refractivity contribution in [2.45, 2.75) is 20.8 Å². The molecule has 0 bridgehead atoms. The van der Waals surface area contributed by atoms with Crippen molar-refractivity contribution in [3.63, 3.8) is 0 Å². The Kier molecular flexibility index (Phi) is 12.3. The van der Waals surface area contributed by atoms with E-state index in [0.29, 0.717) is 22.4 Å². The monoisotopic (exact) mass is 626 g/mol. The van der Waals surface area contributed by atoms with Gasteiger partial charge in [-0.25, -0.2) is 24.0 Å². The zero-order valence-corrected chi connectivity index (χ0v) is 25.9. The van der Waals surface area contributed by atoms with Gasteiger partial charge in [-0.1, -0.05) is 56.1 Å². The van der Waals surface area contributed by atoms with Gasteiger partial charge in [0.15, 0.2) is 0 Å². The van der Waals surface area contributed by atoms with Gasteiger partial charge in [0.25, 0.3) is 0 Å². The molecular formula is C36H34O10. The van der Waals surface area contributed by atoms with Crippen LogP contribution in [0.4, 0.5) is 0 Å². The van der Waals surface area contributed by atoms with Crippen LogP contribution in [0.2, 0.25) is 0 Å². The Morgan fingerprint density at radius 2 is 0.826 bits per heavy atom. The summed E-state index contributed by atoms with van der Waals surface area (Å²) in [6, 6.07) is 18.8. The fourth-order valence-electron chi connectivity index (χ4n) is 3.75. The van der Waals surface area contributed by atoms with Gasteiger partial charge in [0.2, 0.25) is 0 Å². The topological polar surface area (TPSA) is 132 Å². The second-order valence-electron chi connectivity index (χ2n) is 10.2. The number of hydrogen-bond donors (Lipinski definition) is 0. The van der Waals surface area contributed by atoms with Crippen molar-refractivity contribution in [2.75, 3.05) is 26.4 Å². The van der Waals surface area contributed by atoms with Gasteiger partial charge in [0.05, 0.1) is 11.1 Å². The third-order valence-corrected chi connectivity index (χ3v) is 6.17. The average molecular weight is 627 g/mol. The summed E-state index contributed by atoms with van der Waals surface area (Å²) in [6.07, 6.45) is 0. The van der Waals surface area contributed by atoms with Crippen molar-refractivity contribution in [3.8, 4) is 28.0 Å². The third-order valence-electron chi connectivity index (χ3n) is 6.17. The van der Waals surface area contributed by atoms with E-state index in [4.69, 9.17) is 23.7 Å². The first-order chi connectivity index (χ1) is 21.8. The molecule has 0 fully saturated rings. The first-order valence-corrected chi connectivity index (χ1v) is 14.1.